The van der Waals surface area contributed by atoms with Gasteiger partial charge in [-0.1, -0.05) is 25.2 Å². The van der Waals surface area contributed by atoms with Crippen LogP contribution in [0.5, 0.6) is 0 Å². The number of pyridine rings is 2. The van der Waals surface area contributed by atoms with E-state index in [1.54, 1.807) is 36.3 Å². The van der Waals surface area contributed by atoms with Gasteiger partial charge in [0.15, 0.2) is 5.82 Å². The topological polar surface area (TPSA) is 101 Å². The minimum Gasteiger partial charge on any atom is -0.396 e. The first-order chi connectivity index (χ1) is 18.3. The molecule has 8 nitrogen and oxygen atoms in total. The monoisotopic (exact) mass is 614 g/mol. The fraction of sp³-hybridized carbons (Fsp3) is 0.200. The molecule has 0 fully saturated rings. The van der Waals surface area contributed by atoms with Crippen LogP contribution in [0, 0.1) is 36.1 Å². The van der Waals surface area contributed by atoms with Gasteiger partial charge in [0, 0.05) is 32.6 Å². The zero-order chi connectivity index (χ0) is 28.3. The molecular formula is C30H36N6O2V2. The van der Waals surface area contributed by atoms with E-state index in [1.165, 1.54) is 12.3 Å². The number of hydrogen-bond donors (Lipinski definition) is 1. The minimum atomic E-state index is -0.437. The molecule has 208 valence electrons. The predicted octanol–water partition coefficient (Wildman–Crippen LogP) is 7.25. The van der Waals surface area contributed by atoms with Gasteiger partial charge in [0.05, 0.1) is 10.6 Å². The number of nitrogens with two attached hydrogens (primary N) is 1. The summed E-state index contributed by atoms with van der Waals surface area (Å²) in [4.78, 5) is 22.4. The second kappa shape index (κ2) is 22.5. The fourth-order valence-corrected chi connectivity index (χ4v) is 2.93. The molecule has 2 N–H and O–H groups in total. The van der Waals surface area contributed by atoms with Crippen molar-refractivity contribution in [2.45, 2.75) is 26.7 Å². The summed E-state index contributed by atoms with van der Waals surface area (Å²) >= 11 is 0. The SMILES string of the molecule is CN(c1cc[c-]cc1)c1ncccc1N.CN(c1cc[c-]cc1)c1ncccc1[N+](=O)[O-].[CH2-]CC.[CH2-]CC.[V+2].[V+2]. The number of aromatic nitrogens is 2. The Bertz CT molecular complexity index is 1200. The number of benzene rings is 2. The number of hydrogen-bond acceptors (Lipinski definition) is 7. The van der Waals surface area contributed by atoms with Crippen LogP contribution in [0.3, 0.4) is 0 Å². The largest absolute Gasteiger partial charge is 2.00 e. The standard InChI is InChI=1S/C12H10N3O2.C12H12N3.2C3H7.2V/c1-14(10-6-3-2-4-7-10)12-11(15(16)17)8-5-9-13-12;1-15(10-6-3-2-4-7-10)12-11(13)8-5-9-14-12;2*1-3-2;;/h3-9H,1H3;3-9H,13H2,1H3;2*1,3H2,2H3;;/q4*-1;2*+2. The van der Waals surface area contributed by atoms with Crippen LogP contribution in [-0.4, -0.2) is 29.0 Å². The molecule has 0 aliphatic carbocycles. The summed E-state index contributed by atoms with van der Waals surface area (Å²) in [5.41, 5.74) is 8.37. The normalized spacial score (nSPS) is 8.85. The van der Waals surface area contributed by atoms with Gasteiger partial charge in [-0.3, -0.25) is 10.1 Å². The summed E-state index contributed by atoms with van der Waals surface area (Å²) < 4.78 is 0. The summed E-state index contributed by atoms with van der Waals surface area (Å²) in [5, 5.41) is 10.9. The molecule has 0 aliphatic rings. The van der Waals surface area contributed by atoms with Crippen LogP contribution >= 0.6 is 0 Å². The van der Waals surface area contributed by atoms with Gasteiger partial charge in [-0.25, -0.2) is 9.97 Å². The van der Waals surface area contributed by atoms with Crippen molar-refractivity contribution in [1.29, 1.82) is 0 Å². The first kappa shape index (κ1) is 38.9. The first-order valence-corrected chi connectivity index (χ1v) is 12.1. The zero-order valence-electron chi connectivity index (χ0n) is 23.4. The summed E-state index contributed by atoms with van der Waals surface area (Å²) in [6.07, 6.45) is 5.27. The molecule has 4 rings (SSSR count). The second-order valence-electron chi connectivity index (χ2n) is 7.65. The van der Waals surface area contributed by atoms with Crippen LogP contribution in [0.25, 0.3) is 0 Å². The van der Waals surface area contributed by atoms with Gasteiger partial charge in [-0.05, 0) is 18.2 Å². The number of rotatable bonds is 5. The molecule has 0 saturated heterocycles. The molecule has 10 heteroatoms. The molecule has 0 unspecified atom stereocenters. The van der Waals surface area contributed by atoms with Gasteiger partial charge in [-0.2, -0.15) is 49.2 Å². The van der Waals surface area contributed by atoms with Gasteiger partial charge >= 0.3 is 42.8 Å². The van der Waals surface area contributed by atoms with E-state index in [9.17, 15) is 10.1 Å². The van der Waals surface area contributed by atoms with Crippen molar-refractivity contribution in [3.63, 3.8) is 0 Å². The fourth-order valence-electron chi connectivity index (χ4n) is 2.93. The molecule has 0 saturated carbocycles. The van der Waals surface area contributed by atoms with Crippen LogP contribution in [0.1, 0.15) is 26.7 Å². The molecule has 0 spiro atoms. The van der Waals surface area contributed by atoms with Crippen molar-refractivity contribution in [2.75, 3.05) is 29.6 Å². The molecule has 0 bridgehead atoms. The van der Waals surface area contributed by atoms with Crippen molar-refractivity contribution in [3.05, 3.63) is 121 Å². The van der Waals surface area contributed by atoms with Crippen LogP contribution < -0.4 is 15.5 Å². The number of nitrogen functional groups attached to an aromatic ring is 1. The summed E-state index contributed by atoms with van der Waals surface area (Å²) in [5.74, 6) is 1.09. The van der Waals surface area contributed by atoms with E-state index in [2.05, 4.69) is 35.9 Å². The smallest absolute Gasteiger partial charge is 0.396 e. The van der Waals surface area contributed by atoms with Crippen LogP contribution in [0.2, 0.25) is 0 Å². The summed E-state index contributed by atoms with van der Waals surface area (Å²) in [7, 11) is 3.68. The Kier molecular flexibility index (Phi) is 21.9. The maximum absolute atomic E-state index is 10.9. The van der Waals surface area contributed by atoms with Crippen molar-refractivity contribution in [3.8, 4) is 0 Å². The quantitative estimate of drug-likeness (QED) is 0.144. The van der Waals surface area contributed by atoms with Crippen molar-refractivity contribution in [2.24, 2.45) is 0 Å². The van der Waals surface area contributed by atoms with Gasteiger partial charge in [-0.15, -0.1) is 24.3 Å². The Hall–Kier alpha value is -3.29. The molecule has 2 aromatic heterocycles. The molecule has 0 aliphatic heterocycles. The number of nitro groups is 1. The summed E-state index contributed by atoms with van der Waals surface area (Å²) in [6.45, 7) is 11.0. The molecule has 2 radical (unpaired) electrons. The van der Waals surface area contributed by atoms with E-state index >= 15 is 0 Å². The van der Waals surface area contributed by atoms with E-state index in [0.29, 0.717) is 11.5 Å². The van der Waals surface area contributed by atoms with Gasteiger partial charge in [0.2, 0.25) is 5.82 Å². The third-order valence-corrected chi connectivity index (χ3v) is 4.59. The molecule has 2 aromatic carbocycles. The number of anilines is 5. The summed E-state index contributed by atoms with van der Waals surface area (Å²) in [6, 6.07) is 27.3. The Balaban J connectivity index is 0. The third-order valence-electron chi connectivity index (χ3n) is 4.59. The Labute approximate surface area is 263 Å². The molecule has 2 heterocycles. The average molecular weight is 615 g/mol. The molecule has 0 amide bonds. The molecule has 4 aromatic rings. The average Bonchev–Trinajstić information content (AvgIpc) is 2.95. The third kappa shape index (κ3) is 13.2. The van der Waals surface area contributed by atoms with E-state index in [0.717, 1.165) is 30.0 Å². The van der Waals surface area contributed by atoms with E-state index in [4.69, 9.17) is 5.73 Å². The second-order valence-corrected chi connectivity index (χ2v) is 7.65. The molecule has 0 atom stereocenters. The Morgan fingerprint density at radius 1 is 0.800 bits per heavy atom. The van der Waals surface area contributed by atoms with Gasteiger partial charge < -0.3 is 29.4 Å². The van der Waals surface area contributed by atoms with E-state index in [1.807, 2.05) is 74.3 Å². The maximum Gasteiger partial charge on any atom is 2.00 e. The molecular weight excluding hydrogens is 578 g/mol. The maximum atomic E-state index is 10.9. The number of nitrogens with zero attached hydrogens (tertiary/aromatic N) is 5. The van der Waals surface area contributed by atoms with Crippen LogP contribution in [0.15, 0.2) is 85.2 Å². The zero-order valence-corrected chi connectivity index (χ0v) is 26.2. The van der Waals surface area contributed by atoms with Crippen molar-refractivity contribution in [1.82, 2.24) is 9.97 Å². The predicted molar refractivity (Wildman–Crippen MR) is 158 cm³/mol. The first-order valence-electron chi connectivity index (χ1n) is 12.1. The minimum absolute atomic E-state index is 0. The van der Waals surface area contributed by atoms with Gasteiger partial charge in [0.25, 0.3) is 0 Å². The van der Waals surface area contributed by atoms with Crippen molar-refractivity contribution < 1.29 is 42.0 Å². The Morgan fingerprint density at radius 3 is 1.57 bits per heavy atom. The van der Waals surface area contributed by atoms with Crippen LogP contribution in [-0.2, 0) is 37.1 Å². The van der Waals surface area contributed by atoms with Crippen molar-refractivity contribution >= 4 is 34.4 Å². The van der Waals surface area contributed by atoms with E-state index in [-0.39, 0.29) is 42.8 Å². The molecule has 40 heavy (non-hydrogen) atoms. The van der Waals surface area contributed by atoms with Gasteiger partial charge in [0.1, 0.15) is 0 Å². The Morgan fingerprint density at radius 2 is 1.18 bits per heavy atom. The van der Waals surface area contributed by atoms with Crippen LogP contribution in [0.4, 0.5) is 34.4 Å². The van der Waals surface area contributed by atoms with E-state index < -0.39 is 4.92 Å².